The maximum Gasteiger partial charge on any atom is 0.301 e. The van der Waals surface area contributed by atoms with Gasteiger partial charge in [-0.1, -0.05) is 0 Å². The van der Waals surface area contributed by atoms with Crippen LogP contribution in [0.3, 0.4) is 0 Å². The van der Waals surface area contributed by atoms with Crippen LogP contribution in [0.4, 0.5) is 5.69 Å². The van der Waals surface area contributed by atoms with Crippen LogP contribution in [0, 0.1) is 17.0 Å². The summed E-state index contributed by atoms with van der Waals surface area (Å²) in [5.74, 6) is 4.89. The monoisotopic (exact) mass is 371 g/mol. The third kappa shape index (κ3) is 3.55. The molecule has 0 bridgehead atoms. The van der Waals surface area contributed by atoms with Crippen LogP contribution in [0.2, 0.25) is 0 Å². The van der Waals surface area contributed by atoms with E-state index in [1.165, 1.54) is 24.3 Å². The average Bonchev–Trinajstić information content (AvgIpc) is 3.02. The van der Waals surface area contributed by atoms with E-state index in [4.69, 9.17) is 10.3 Å². The highest BCUT2D eigenvalue weighted by Gasteiger charge is 2.27. The van der Waals surface area contributed by atoms with E-state index in [1.54, 1.807) is 6.92 Å². The number of hydrazone groups is 1. The minimum Gasteiger partial charge on any atom is -0.455 e. The molecule has 0 unspecified atom stereocenters. The molecule has 1 aromatic carbocycles. The number of nitrogens with one attached hydrogen (secondary N) is 2. The number of nitrogens with two attached hydrogens (primary N) is 1. The van der Waals surface area contributed by atoms with E-state index < -0.39 is 16.7 Å². The Morgan fingerprint density at radius 3 is 2.56 bits per heavy atom. The summed E-state index contributed by atoms with van der Waals surface area (Å²) < 4.78 is 5.60. The van der Waals surface area contributed by atoms with Crippen molar-refractivity contribution >= 4 is 23.2 Å². The third-order valence-corrected chi connectivity index (χ3v) is 4.30. The molecule has 3 rings (SSSR count). The van der Waals surface area contributed by atoms with Crippen molar-refractivity contribution in [1.29, 1.82) is 0 Å². The molecular formula is C17H17N5O5. The number of rotatable bonds is 4. The van der Waals surface area contributed by atoms with Crippen LogP contribution in [0.15, 0.2) is 33.8 Å². The van der Waals surface area contributed by atoms with Crippen molar-refractivity contribution in [2.75, 3.05) is 0 Å². The first-order valence-corrected chi connectivity index (χ1v) is 8.17. The largest absolute Gasteiger partial charge is 0.455 e. The molecule has 0 aliphatic heterocycles. The number of nitrogens with zero attached hydrogens (tertiary/aromatic N) is 2. The van der Waals surface area contributed by atoms with Crippen molar-refractivity contribution in [3.63, 3.8) is 0 Å². The molecule has 0 radical (unpaired) electrons. The van der Waals surface area contributed by atoms with E-state index in [1.807, 2.05) is 5.43 Å². The number of amides is 2. The number of nitrogen functional groups attached to an aromatic ring is 1. The van der Waals surface area contributed by atoms with Gasteiger partial charge in [0.05, 0.1) is 10.6 Å². The fourth-order valence-corrected chi connectivity index (χ4v) is 2.98. The zero-order valence-corrected chi connectivity index (χ0v) is 14.4. The summed E-state index contributed by atoms with van der Waals surface area (Å²) in [7, 11) is 0. The van der Waals surface area contributed by atoms with Crippen molar-refractivity contribution < 1.29 is 18.9 Å². The molecule has 1 aliphatic rings. The maximum absolute atomic E-state index is 12.2. The van der Waals surface area contributed by atoms with Gasteiger partial charge in [-0.25, -0.2) is 11.3 Å². The fourth-order valence-electron chi connectivity index (χ4n) is 2.98. The van der Waals surface area contributed by atoms with Crippen LogP contribution in [0.25, 0.3) is 0 Å². The summed E-state index contributed by atoms with van der Waals surface area (Å²) in [5, 5.41) is 14.9. The fraction of sp³-hybridized carbons (Fsp3) is 0.235. The Morgan fingerprint density at radius 1 is 1.22 bits per heavy atom. The number of benzene rings is 1. The summed E-state index contributed by atoms with van der Waals surface area (Å²) in [6, 6.07) is 5.21. The lowest BCUT2D eigenvalue weighted by atomic mass is 9.93. The molecule has 1 aliphatic carbocycles. The number of hydrazine groups is 1. The van der Waals surface area contributed by atoms with E-state index in [0.29, 0.717) is 35.4 Å². The molecular weight excluding hydrogens is 354 g/mol. The van der Waals surface area contributed by atoms with Crippen LogP contribution in [0.1, 0.15) is 50.6 Å². The molecule has 140 valence electrons. The summed E-state index contributed by atoms with van der Waals surface area (Å²) >= 11 is 0. The van der Waals surface area contributed by atoms with Crippen LogP contribution in [0.5, 0.6) is 0 Å². The predicted octanol–water partition coefficient (Wildman–Crippen LogP) is 1.57. The quantitative estimate of drug-likeness (QED) is 0.321. The minimum absolute atomic E-state index is 0.102. The first-order chi connectivity index (χ1) is 12.9. The highest BCUT2D eigenvalue weighted by molar-refractivity contribution is 6.07. The Balaban J connectivity index is 1.83. The van der Waals surface area contributed by atoms with Gasteiger partial charge in [-0.05, 0) is 31.9 Å². The number of hydrogen-bond acceptors (Lipinski definition) is 7. The van der Waals surface area contributed by atoms with Gasteiger partial charge in [-0.15, -0.1) is 0 Å². The second kappa shape index (κ2) is 7.38. The number of furan rings is 1. The zero-order valence-electron chi connectivity index (χ0n) is 14.4. The van der Waals surface area contributed by atoms with E-state index in [2.05, 4.69) is 10.5 Å². The van der Waals surface area contributed by atoms with Gasteiger partial charge in [-0.3, -0.25) is 25.1 Å². The van der Waals surface area contributed by atoms with Crippen LogP contribution in [-0.2, 0) is 6.42 Å². The Labute approximate surface area is 153 Å². The van der Waals surface area contributed by atoms with E-state index >= 15 is 0 Å². The number of carbonyl (C=O) groups is 2. The van der Waals surface area contributed by atoms with Crippen LogP contribution < -0.4 is 16.7 Å². The van der Waals surface area contributed by atoms with Crippen molar-refractivity contribution in [3.05, 3.63) is 62.6 Å². The number of nitro groups is 1. The summed E-state index contributed by atoms with van der Waals surface area (Å²) in [6.45, 7) is 1.73. The van der Waals surface area contributed by atoms with Gasteiger partial charge in [0.2, 0.25) is 0 Å². The summed E-state index contributed by atoms with van der Waals surface area (Å²) in [6.07, 6.45) is 2.02. The lowest BCUT2D eigenvalue weighted by Crippen LogP contribution is -2.30. The molecule has 27 heavy (non-hydrogen) atoms. The topological polar surface area (TPSA) is 153 Å². The van der Waals surface area contributed by atoms with Crippen molar-refractivity contribution in [2.45, 2.75) is 26.2 Å². The Kier molecular flexibility index (Phi) is 4.99. The number of hydrogen-bond donors (Lipinski definition) is 3. The Hall–Kier alpha value is -3.53. The van der Waals surface area contributed by atoms with Gasteiger partial charge in [0.15, 0.2) is 5.76 Å². The second-order valence-corrected chi connectivity index (χ2v) is 5.98. The van der Waals surface area contributed by atoms with E-state index in [9.17, 15) is 19.7 Å². The van der Waals surface area contributed by atoms with E-state index in [0.717, 1.165) is 6.42 Å². The SMILES string of the molecule is Cc1c(C(=O)NN)oc2c1/C(=N/NC(=O)c1ccc([N+](=O)[O-])cc1)CCC2. The predicted molar refractivity (Wildman–Crippen MR) is 95.1 cm³/mol. The first-order valence-electron chi connectivity index (χ1n) is 8.17. The van der Waals surface area contributed by atoms with Crippen LogP contribution >= 0.6 is 0 Å². The van der Waals surface area contributed by atoms with Gasteiger partial charge in [0, 0.05) is 35.2 Å². The Morgan fingerprint density at radius 2 is 1.93 bits per heavy atom. The van der Waals surface area contributed by atoms with Gasteiger partial charge >= 0.3 is 5.91 Å². The summed E-state index contributed by atoms with van der Waals surface area (Å²) in [4.78, 5) is 34.2. The molecule has 10 nitrogen and oxygen atoms in total. The molecule has 0 fully saturated rings. The number of non-ortho nitro benzene ring substituents is 1. The molecule has 0 saturated heterocycles. The van der Waals surface area contributed by atoms with Crippen LogP contribution in [-0.4, -0.2) is 22.4 Å². The smallest absolute Gasteiger partial charge is 0.301 e. The van der Waals surface area contributed by atoms with Gasteiger partial charge in [0.1, 0.15) is 5.76 Å². The molecule has 10 heteroatoms. The second-order valence-electron chi connectivity index (χ2n) is 5.98. The normalized spacial score (nSPS) is 14.5. The highest BCUT2D eigenvalue weighted by atomic mass is 16.6. The third-order valence-electron chi connectivity index (χ3n) is 4.30. The zero-order chi connectivity index (χ0) is 19.6. The summed E-state index contributed by atoms with van der Waals surface area (Å²) in [5.41, 5.74) is 6.54. The molecule has 2 amide bonds. The molecule has 1 heterocycles. The van der Waals surface area contributed by atoms with Gasteiger partial charge in [0.25, 0.3) is 11.6 Å². The lowest BCUT2D eigenvalue weighted by molar-refractivity contribution is -0.384. The number of aryl methyl sites for hydroxylation is 1. The van der Waals surface area contributed by atoms with Crippen molar-refractivity contribution in [3.8, 4) is 0 Å². The Bertz CT molecular complexity index is 945. The first kappa shape index (κ1) is 18.3. The number of nitro benzene ring substituents is 1. The number of carbonyl (C=O) groups excluding carboxylic acids is 2. The lowest BCUT2D eigenvalue weighted by Gasteiger charge is -2.13. The molecule has 1 aromatic heterocycles. The molecule has 0 spiro atoms. The molecule has 0 saturated carbocycles. The minimum atomic E-state index is -0.539. The average molecular weight is 371 g/mol. The number of fused-ring (bicyclic) bond motifs is 1. The molecule has 2 aromatic rings. The highest BCUT2D eigenvalue weighted by Crippen LogP contribution is 2.29. The van der Waals surface area contributed by atoms with Crippen molar-refractivity contribution in [1.82, 2.24) is 10.9 Å². The molecule has 4 N–H and O–H groups in total. The van der Waals surface area contributed by atoms with Gasteiger partial charge < -0.3 is 4.42 Å². The molecule has 0 atom stereocenters. The van der Waals surface area contributed by atoms with E-state index in [-0.39, 0.29) is 17.0 Å². The van der Waals surface area contributed by atoms with Gasteiger partial charge in [-0.2, -0.15) is 5.10 Å². The maximum atomic E-state index is 12.2. The standard InChI is InChI=1S/C17H17N5O5/c1-9-14-12(3-2-4-13(14)27-15(9)17(24)19-18)20-21-16(23)10-5-7-11(8-6-10)22(25)26/h5-8H,2-4,18H2,1H3,(H,19,24)(H,21,23)/b20-12+. The van der Waals surface area contributed by atoms with Crippen molar-refractivity contribution in [2.24, 2.45) is 10.9 Å².